The summed E-state index contributed by atoms with van der Waals surface area (Å²) in [5, 5.41) is 5.16. The molecule has 1 aromatic heterocycles. The number of rotatable bonds is 6. The summed E-state index contributed by atoms with van der Waals surface area (Å²) in [4.78, 5) is 9.36. The molecular weight excluding hydrogens is 349 g/mol. The molecule has 1 N–H and O–H groups in total. The maximum Gasteiger partial charge on any atom is 0.190 e. The number of anilines is 1. The molecule has 1 fully saturated rings. The van der Waals surface area contributed by atoms with E-state index in [1.54, 1.807) is 23.9 Å². The third-order valence-electron chi connectivity index (χ3n) is 4.39. The van der Waals surface area contributed by atoms with Gasteiger partial charge in [0.1, 0.15) is 11.6 Å². The first kappa shape index (κ1) is 17.2. The Morgan fingerprint density at radius 2 is 1.96 bits per heavy atom. The molecule has 0 radical (unpaired) electrons. The van der Waals surface area contributed by atoms with E-state index in [2.05, 4.69) is 10.3 Å². The third-order valence-corrected chi connectivity index (χ3v) is 5.30. The smallest absolute Gasteiger partial charge is 0.190 e. The Hall–Kier alpha value is -2.18. The maximum atomic E-state index is 13.0. The molecule has 2 heterocycles. The number of para-hydroxylation sites is 1. The van der Waals surface area contributed by atoms with Crippen LogP contribution in [0, 0.1) is 5.82 Å². The minimum absolute atomic E-state index is 0.221. The van der Waals surface area contributed by atoms with Gasteiger partial charge in [0, 0.05) is 24.3 Å². The largest absolute Gasteiger partial charge is 0.376 e. The first-order chi connectivity index (χ1) is 12.8. The van der Waals surface area contributed by atoms with Crippen LogP contribution in [-0.4, -0.2) is 29.2 Å². The van der Waals surface area contributed by atoms with Crippen molar-refractivity contribution in [2.24, 2.45) is 0 Å². The van der Waals surface area contributed by atoms with Crippen molar-refractivity contribution in [3.63, 3.8) is 0 Å². The summed E-state index contributed by atoms with van der Waals surface area (Å²) in [5.41, 5.74) is 1.96. The number of nitrogens with one attached hydrogen (secondary N) is 1. The topological polar surface area (TPSA) is 47.0 Å². The van der Waals surface area contributed by atoms with Crippen LogP contribution >= 0.6 is 11.8 Å². The van der Waals surface area contributed by atoms with E-state index in [9.17, 15) is 4.39 Å². The van der Waals surface area contributed by atoms with Crippen LogP contribution in [0.1, 0.15) is 18.4 Å². The summed E-state index contributed by atoms with van der Waals surface area (Å²) in [5.74, 6) is 1.32. The van der Waals surface area contributed by atoms with E-state index >= 15 is 0 Å². The lowest BCUT2D eigenvalue weighted by molar-refractivity contribution is 0.120. The van der Waals surface area contributed by atoms with Crippen LogP contribution in [-0.2, 0) is 10.5 Å². The Morgan fingerprint density at radius 3 is 2.77 bits per heavy atom. The Bertz CT molecular complexity index is 882. The van der Waals surface area contributed by atoms with Crippen molar-refractivity contribution < 1.29 is 9.13 Å². The Balaban J connectivity index is 1.53. The lowest BCUT2D eigenvalue weighted by Crippen LogP contribution is -2.19. The van der Waals surface area contributed by atoms with Gasteiger partial charge in [0.25, 0.3) is 0 Å². The zero-order valence-corrected chi connectivity index (χ0v) is 15.1. The molecule has 0 spiro atoms. The molecule has 1 saturated heterocycles. The molecule has 0 unspecified atom stereocenters. The zero-order chi connectivity index (χ0) is 17.8. The van der Waals surface area contributed by atoms with E-state index in [1.165, 1.54) is 12.1 Å². The van der Waals surface area contributed by atoms with Gasteiger partial charge in [0.05, 0.1) is 11.6 Å². The molecule has 4 nitrogen and oxygen atoms in total. The summed E-state index contributed by atoms with van der Waals surface area (Å²) in [6.45, 7) is 1.60. The van der Waals surface area contributed by atoms with Crippen LogP contribution in [0.4, 0.5) is 10.2 Å². The summed E-state index contributed by atoms with van der Waals surface area (Å²) < 4.78 is 18.7. The highest BCUT2D eigenvalue weighted by molar-refractivity contribution is 7.98. The molecule has 1 aliphatic rings. The average Bonchev–Trinajstić information content (AvgIpc) is 3.19. The van der Waals surface area contributed by atoms with Crippen molar-refractivity contribution in [1.82, 2.24) is 9.97 Å². The minimum atomic E-state index is -0.221. The highest BCUT2D eigenvalue weighted by Crippen LogP contribution is 2.27. The molecule has 1 aliphatic heterocycles. The third kappa shape index (κ3) is 4.14. The number of ether oxygens (including phenoxy) is 1. The predicted molar refractivity (Wildman–Crippen MR) is 103 cm³/mol. The molecule has 0 bridgehead atoms. The van der Waals surface area contributed by atoms with Crippen molar-refractivity contribution in [3.05, 3.63) is 59.9 Å². The van der Waals surface area contributed by atoms with Gasteiger partial charge in [-0.05, 0) is 42.7 Å². The number of fused-ring (bicyclic) bond motifs is 1. The summed E-state index contributed by atoms with van der Waals surface area (Å²) >= 11 is 1.55. The monoisotopic (exact) mass is 369 g/mol. The van der Waals surface area contributed by atoms with Gasteiger partial charge in [-0.25, -0.2) is 14.4 Å². The van der Waals surface area contributed by atoms with Gasteiger partial charge in [-0.2, -0.15) is 0 Å². The van der Waals surface area contributed by atoms with Crippen LogP contribution in [0.25, 0.3) is 10.9 Å². The first-order valence-electron chi connectivity index (χ1n) is 8.77. The predicted octanol–water partition coefficient (Wildman–Crippen LogP) is 4.65. The molecule has 2 aromatic carbocycles. The number of benzene rings is 2. The lowest BCUT2D eigenvalue weighted by atomic mass is 10.2. The Kier molecular flexibility index (Phi) is 5.32. The Labute approximate surface area is 156 Å². The van der Waals surface area contributed by atoms with Gasteiger partial charge in [-0.15, -0.1) is 0 Å². The summed E-state index contributed by atoms with van der Waals surface area (Å²) in [6.07, 6.45) is 2.46. The number of thioether (sulfide) groups is 1. The van der Waals surface area contributed by atoms with Crippen molar-refractivity contribution in [1.29, 1.82) is 0 Å². The molecule has 3 aromatic rings. The molecule has 26 heavy (non-hydrogen) atoms. The molecular formula is C20H20FN3OS. The average molecular weight is 369 g/mol. The van der Waals surface area contributed by atoms with Crippen LogP contribution in [0.2, 0.25) is 0 Å². The molecule has 4 rings (SSSR count). The normalized spacial score (nSPS) is 16.9. The summed E-state index contributed by atoms with van der Waals surface area (Å²) in [6, 6.07) is 14.5. The quantitative estimate of drug-likeness (QED) is 0.506. The zero-order valence-electron chi connectivity index (χ0n) is 14.3. The van der Waals surface area contributed by atoms with Crippen molar-refractivity contribution in [2.45, 2.75) is 29.9 Å². The minimum Gasteiger partial charge on any atom is -0.376 e. The maximum absolute atomic E-state index is 13.0. The van der Waals surface area contributed by atoms with Gasteiger partial charge in [0.15, 0.2) is 5.16 Å². The van der Waals surface area contributed by atoms with Crippen LogP contribution in [0.5, 0.6) is 0 Å². The van der Waals surface area contributed by atoms with Crippen LogP contribution < -0.4 is 5.32 Å². The number of halogens is 1. The van der Waals surface area contributed by atoms with Crippen LogP contribution in [0.15, 0.2) is 53.7 Å². The molecule has 0 amide bonds. The standard InChI is InChI=1S/C20H20FN3OS/c21-15-9-7-14(8-10-15)13-26-20-23-18-6-2-1-5-17(18)19(24-20)22-12-16-4-3-11-25-16/h1-2,5-10,16H,3-4,11-13H2,(H,22,23,24)/t16-/m0/s1. The number of nitrogens with zero attached hydrogens (tertiary/aromatic N) is 2. The molecule has 0 saturated carbocycles. The first-order valence-corrected chi connectivity index (χ1v) is 9.76. The second-order valence-electron chi connectivity index (χ2n) is 6.30. The lowest BCUT2D eigenvalue weighted by Gasteiger charge is -2.14. The highest BCUT2D eigenvalue weighted by Gasteiger charge is 2.16. The van der Waals surface area contributed by atoms with Crippen molar-refractivity contribution >= 4 is 28.5 Å². The molecule has 0 aliphatic carbocycles. The fraction of sp³-hybridized carbons (Fsp3) is 0.300. The number of hydrogen-bond acceptors (Lipinski definition) is 5. The van der Waals surface area contributed by atoms with E-state index in [0.717, 1.165) is 48.3 Å². The summed E-state index contributed by atoms with van der Waals surface area (Å²) in [7, 11) is 0. The Morgan fingerprint density at radius 1 is 1.12 bits per heavy atom. The fourth-order valence-corrected chi connectivity index (χ4v) is 3.81. The van der Waals surface area contributed by atoms with Gasteiger partial charge in [0.2, 0.25) is 0 Å². The van der Waals surface area contributed by atoms with Crippen molar-refractivity contribution in [3.8, 4) is 0 Å². The van der Waals surface area contributed by atoms with Gasteiger partial charge in [-0.3, -0.25) is 0 Å². The number of hydrogen-bond donors (Lipinski definition) is 1. The highest BCUT2D eigenvalue weighted by atomic mass is 32.2. The van der Waals surface area contributed by atoms with E-state index in [1.807, 2.05) is 24.3 Å². The second-order valence-corrected chi connectivity index (χ2v) is 7.25. The molecule has 6 heteroatoms. The van der Waals surface area contributed by atoms with E-state index in [0.29, 0.717) is 10.9 Å². The van der Waals surface area contributed by atoms with Crippen molar-refractivity contribution in [2.75, 3.05) is 18.5 Å². The van der Waals surface area contributed by atoms with E-state index < -0.39 is 0 Å². The SMILES string of the molecule is Fc1ccc(CSc2nc(NC[C@@H]3CCCO3)c3ccccc3n2)cc1. The second kappa shape index (κ2) is 8.01. The van der Waals surface area contributed by atoms with E-state index in [-0.39, 0.29) is 11.9 Å². The van der Waals surface area contributed by atoms with Gasteiger partial charge >= 0.3 is 0 Å². The molecule has 134 valence electrons. The number of aromatic nitrogens is 2. The van der Waals surface area contributed by atoms with Gasteiger partial charge in [-0.1, -0.05) is 36.0 Å². The fourth-order valence-electron chi connectivity index (χ4n) is 3.00. The van der Waals surface area contributed by atoms with Gasteiger partial charge < -0.3 is 10.1 Å². The van der Waals surface area contributed by atoms with E-state index in [4.69, 9.17) is 9.72 Å². The molecule has 1 atom stereocenters. The van der Waals surface area contributed by atoms with Crippen LogP contribution in [0.3, 0.4) is 0 Å².